The first-order valence-corrected chi connectivity index (χ1v) is 4.67. The number of primary amides is 1. The highest BCUT2D eigenvalue weighted by atomic mass is 32.1. The van der Waals surface area contributed by atoms with Crippen molar-refractivity contribution in [2.45, 2.75) is 20.3 Å². The van der Waals surface area contributed by atoms with Crippen LogP contribution in [0.25, 0.3) is 0 Å². The van der Waals surface area contributed by atoms with Crippen molar-refractivity contribution >= 4 is 23.2 Å². The maximum atomic E-state index is 10.9. The number of thiocarbonyl (C=S) groups is 1. The lowest BCUT2D eigenvalue weighted by atomic mass is 10.2. The van der Waals surface area contributed by atoms with Gasteiger partial charge in [0.25, 0.3) is 0 Å². The normalized spacial score (nSPS) is 10.1. The highest BCUT2D eigenvalue weighted by Crippen LogP contribution is 1.99. The SMILES string of the molecule is CC(C)CN(CCC(N)=S)C(N)=O. The van der Waals surface area contributed by atoms with Crippen molar-refractivity contribution in [3.05, 3.63) is 0 Å². The molecule has 0 heterocycles. The van der Waals surface area contributed by atoms with E-state index in [1.165, 1.54) is 0 Å². The minimum Gasteiger partial charge on any atom is -0.393 e. The molecule has 0 saturated heterocycles. The minimum atomic E-state index is -0.412. The Hall–Kier alpha value is -0.840. The number of amides is 2. The lowest BCUT2D eigenvalue weighted by Crippen LogP contribution is -2.40. The summed E-state index contributed by atoms with van der Waals surface area (Å²) in [6.45, 7) is 5.22. The van der Waals surface area contributed by atoms with Crippen LogP contribution >= 0.6 is 12.2 Å². The van der Waals surface area contributed by atoms with E-state index in [1.54, 1.807) is 4.90 Å². The molecular formula is C8H17N3OS. The second-order valence-corrected chi connectivity index (χ2v) is 3.92. The second kappa shape index (κ2) is 5.75. The quantitative estimate of drug-likeness (QED) is 0.646. The fourth-order valence-electron chi connectivity index (χ4n) is 0.977. The van der Waals surface area contributed by atoms with Gasteiger partial charge in [-0.05, 0) is 5.92 Å². The maximum absolute atomic E-state index is 10.9. The minimum absolute atomic E-state index is 0.402. The van der Waals surface area contributed by atoms with Crippen molar-refractivity contribution in [3.63, 3.8) is 0 Å². The average molecular weight is 203 g/mol. The summed E-state index contributed by atoms with van der Waals surface area (Å²) in [6.07, 6.45) is 0.533. The van der Waals surface area contributed by atoms with Crippen LogP contribution in [-0.4, -0.2) is 29.0 Å². The van der Waals surface area contributed by atoms with Crippen molar-refractivity contribution in [1.29, 1.82) is 0 Å². The molecule has 4 nitrogen and oxygen atoms in total. The molecule has 0 aromatic heterocycles. The van der Waals surface area contributed by atoms with E-state index in [9.17, 15) is 4.79 Å². The molecule has 0 aromatic carbocycles. The van der Waals surface area contributed by atoms with Crippen molar-refractivity contribution in [3.8, 4) is 0 Å². The van der Waals surface area contributed by atoms with Gasteiger partial charge in [-0.3, -0.25) is 0 Å². The molecule has 0 aromatic rings. The largest absolute Gasteiger partial charge is 0.393 e. The zero-order valence-corrected chi connectivity index (χ0v) is 8.93. The van der Waals surface area contributed by atoms with Crippen molar-refractivity contribution in [2.75, 3.05) is 13.1 Å². The Balaban J connectivity index is 3.95. The van der Waals surface area contributed by atoms with Crippen molar-refractivity contribution in [1.82, 2.24) is 4.90 Å². The lowest BCUT2D eigenvalue weighted by Gasteiger charge is -2.21. The van der Waals surface area contributed by atoms with E-state index < -0.39 is 6.03 Å². The Kier molecular flexibility index (Phi) is 5.37. The van der Waals surface area contributed by atoms with Gasteiger partial charge in [0, 0.05) is 19.5 Å². The van der Waals surface area contributed by atoms with Crippen LogP contribution in [0.2, 0.25) is 0 Å². The van der Waals surface area contributed by atoms with E-state index in [2.05, 4.69) is 0 Å². The molecule has 5 heteroatoms. The third kappa shape index (κ3) is 6.33. The van der Waals surface area contributed by atoms with Crippen LogP contribution in [0.5, 0.6) is 0 Å². The van der Waals surface area contributed by atoms with Crippen LogP contribution < -0.4 is 11.5 Å². The summed E-state index contributed by atoms with van der Waals surface area (Å²) in [4.78, 5) is 12.9. The predicted octanol–water partition coefficient (Wildman–Crippen LogP) is 0.699. The third-order valence-corrected chi connectivity index (χ3v) is 1.73. The summed E-state index contributed by atoms with van der Waals surface area (Å²) in [5, 5.41) is 0. The summed E-state index contributed by atoms with van der Waals surface area (Å²) >= 11 is 4.71. The molecule has 0 rings (SSSR count). The standard InChI is InChI=1S/C8H17N3OS/c1-6(2)5-11(8(10)12)4-3-7(9)13/h6H,3-5H2,1-2H3,(H2,9,13)(H2,10,12). The van der Waals surface area contributed by atoms with Gasteiger partial charge >= 0.3 is 6.03 Å². The van der Waals surface area contributed by atoms with Crippen LogP contribution in [0.3, 0.4) is 0 Å². The van der Waals surface area contributed by atoms with Gasteiger partial charge in [0.05, 0.1) is 4.99 Å². The highest BCUT2D eigenvalue weighted by molar-refractivity contribution is 7.80. The number of hydrogen-bond donors (Lipinski definition) is 2. The Labute approximate surface area is 84.3 Å². The molecule has 13 heavy (non-hydrogen) atoms. The van der Waals surface area contributed by atoms with E-state index in [4.69, 9.17) is 23.7 Å². The molecule has 0 radical (unpaired) electrons. The zero-order valence-electron chi connectivity index (χ0n) is 8.12. The number of nitrogens with two attached hydrogens (primary N) is 2. The van der Waals surface area contributed by atoms with E-state index in [0.29, 0.717) is 30.4 Å². The van der Waals surface area contributed by atoms with E-state index in [1.807, 2.05) is 13.8 Å². The number of rotatable bonds is 5. The van der Waals surface area contributed by atoms with Gasteiger partial charge in [0.2, 0.25) is 0 Å². The van der Waals surface area contributed by atoms with Crippen LogP contribution in [0.4, 0.5) is 4.79 Å². The maximum Gasteiger partial charge on any atom is 0.314 e. The van der Waals surface area contributed by atoms with Gasteiger partial charge in [0.1, 0.15) is 0 Å². The molecule has 0 aliphatic heterocycles. The smallest absolute Gasteiger partial charge is 0.314 e. The van der Waals surface area contributed by atoms with Crippen molar-refractivity contribution in [2.24, 2.45) is 17.4 Å². The second-order valence-electron chi connectivity index (χ2n) is 3.39. The number of carbonyl (C=O) groups excluding carboxylic acids is 1. The molecule has 0 unspecified atom stereocenters. The van der Waals surface area contributed by atoms with E-state index in [-0.39, 0.29) is 0 Å². The first-order chi connectivity index (χ1) is 5.93. The van der Waals surface area contributed by atoms with Crippen LogP contribution in [0.1, 0.15) is 20.3 Å². The van der Waals surface area contributed by atoms with Gasteiger partial charge in [-0.25, -0.2) is 4.79 Å². The number of hydrogen-bond acceptors (Lipinski definition) is 2. The summed E-state index contributed by atoms with van der Waals surface area (Å²) in [5.41, 5.74) is 10.5. The zero-order chi connectivity index (χ0) is 10.4. The van der Waals surface area contributed by atoms with Gasteiger partial charge in [-0.15, -0.1) is 0 Å². The Bertz CT molecular complexity index is 194. The summed E-state index contributed by atoms with van der Waals surface area (Å²) in [5.74, 6) is 0.402. The molecule has 76 valence electrons. The van der Waals surface area contributed by atoms with Crippen LogP contribution in [-0.2, 0) is 0 Å². The van der Waals surface area contributed by atoms with Gasteiger partial charge < -0.3 is 16.4 Å². The molecule has 0 fully saturated rings. The first-order valence-electron chi connectivity index (χ1n) is 4.26. The molecular weight excluding hydrogens is 186 g/mol. The van der Waals surface area contributed by atoms with Crippen LogP contribution in [0.15, 0.2) is 0 Å². The molecule has 0 aliphatic carbocycles. The molecule has 0 saturated carbocycles. The molecule has 0 atom stereocenters. The van der Waals surface area contributed by atoms with E-state index >= 15 is 0 Å². The van der Waals surface area contributed by atoms with Gasteiger partial charge in [0.15, 0.2) is 0 Å². The van der Waals surface area contributed by atoms with Gasteiger partial charge in [-0.2, -0.15) is 0 Å². The Morgan fingerprint density at radius 2 is 2.00 bits per heavy atom. The molecule has 0 aliphatic rings. The van der Waals surface area contributed by atoms with E-state index in [0.717, 1.165) is 0 Å². The number of nitrogens with zero attached hydrogens (tertiary/aromatic N) is 1. The monoisotopic (exact) mass is 203 g/mol. The fourth-order valence-corrected chi connectivity index (χ4v) is 1.07. The average Bonchev–Trinajstić information content (AvgIpc) is 1.96. The third-order valence-electron chi connectivity index (χ3n) is 1.53. The first kappa shape index (κ1) is 12.2. The summed E-state index contributed by atoms with van der Waals surface area (Å²) in [7, 11) is 0. The summed E-state index contributed by atoms with van der Waals surface area (Å²) < 4.78 is 0. The van der Waals surface area contributed by atoms with Crippen LogP contribution in [0, 0.1) is 5.92 Å². The molecule has 0 spiro atoms. The summed E-state index contributed by atoms with van der Waals surface area (Å²) in [6, 6.07) is -0.412. The Morgan fingerprint density at radius 3 is 2.31 bits per heavy atom. The number of urea groups is 1. The van der Waals surface area contributed by atoms with Crippen molar-refractivity contribution < 1.29 is 4.79 Å². The molecule has 0 bridgehead atoms. The van der Waals surface area contributed by atoms with Gasteiger partial charge in [-0.1, -0.05) is 26.1 Å². The number of carbonyl (C=O) groups is 1. The molecule has 2 amide bonds. The Morgan fingerprint density at radius 1 is 1.46 bits per heavy atom. The predicted molar refractivity (Wildman–Crippen MR) is 57.4 cm³/mol. The molecule has 4 N–H and O–H groups in total. The lowest BCUT2D eigenvalue weighted by molar-refractivity contribution is 0.202. The highest BCUT2D eigenvalue weighted by Gasteiger charge is 2.10. The topological polar surface area (TPSA) is 72.3 Å². The fraction of sp³-hybridized carbons (Fsp3) is 0.750.